The van der Waals surface area contributed by atoms with Gasteiger partial charge in [0, 0.05) is 51.9 Å². The molecule has 2 heterocycles. The minimum atomic E-state index is 0.170. The molecule has 110 valence electrons. The smallest absolute Gasteiger partial charge is 0.320 e. The molecule has 2 aliphatic heterocycles. The van der Waals surface area contributed by atoms with Crippen LogP contribution in [0.4, 0.5) is 4.79 Å². The van der Waals surface area contributed by atoms with E-state index >= 15 is 0 Å². The zero-order valence-electron chi connectivity index (χ0n) is 11.9. The molecule has 2 saturated heterocycles. The zero-order valence-corrected chi connectivity index (χ0v) is 11.9. The number of nitrogens with zero attached hydrogens (tertiary/aromatic N) is 3. The average Bonchev–Trinajstić information content (AvgIpc) is 2.49. The summed E-state index contributed by atoms with van der Waals surface area (Å²) in [6.45, 7) is 9.14. The fraction of sp³-hybridized carbons (Fsp3) is 0.923. The number of carbonyl (C=O) groups is 1. The number of rotatable bonds is 3. The molecule has 0 aromatic carbocycles. The normalized spacial score (nSPS) is 23.5. The van der Waals surface area contributed by atoms with E-state index in [0.717, 1.165) is 45.7 Å². The lowest BCUT2D eigenvalue weighted by Crippen LogP contribution is -2.57. The van der Waals surface area contributed by atoms with E-state index in [4.69, 9.17) is 10.5 Å². The summed E-state index contributed by atoms with van der Waals surface area (Å²) in [5.74, 6) is 0. The second kappa shape index (κ2) is 7.07. The van der Waals surface area contributed by atoms with Gasteiger partial charge in [-0.25, -0.2) is 4.79 Å². The number of nitrogens with two attached hydrogens (primary N) is 1. The van der Waals surface area contributed by atoms with Crippen LogP contribution in [-0.2, 0) is 4.74 Å². The fourth-order valence-corrected chi connectivity index (χ4v) is 2.81. The summed E-state index contributed by atoms with van der Waals surface area (Å²) in [5, 5.41) is 0. The summed E-state index contributed by atoms with van der Waals surface area (Å²) in [6.07, 6.45) is 1.08. The molecular formula is C13H26N4O2. The summed E-state index contributed by atoms with van der Waals surface area (Å²) in [5.41, 5.74) is 5.78. The summed E-state index contributed by atoms with van der Waals surface area (Å²) in [7, 11) is 0. The van der Waals surface area contributed by atoms with Gasteiger partial charge in [0.05, 0.1) is 13.2 Å². The number of hydrogen-bond donors (Lipinski definition) is 1. The molecule has 0 saturated carbocycles. The van der Waals surface area contributed by atoms with Crippen molar-refractivity contribution < 1.29 is 9.53 Å². The van der Waals surface area contributed by atoms with Crippen molar-refractivity contribution in [1.82, 2.24) is 14.7 Å². The monoisotopic (exact) mass is 270 g/mol. The lowest BCUT2D eigenvalue weighted by atomic mass is 10.1. The van der Waals surface area contributed by atoms with Gasteiger partial charge in [0.25, 0.3) is 0 Å². The van der Waals surface area contributed by atoms with Gasteiger partial charge in [-0.2, -0.15) is 0 Å². The van der Waals surface area contributed by atoms with Crippen LogP contribution in [-0.4, -0.2) is 85.8 Å². The third kappa shape index (κ3) is 3.58. The Morgan fingerprint density at radius 2 is 1.68 bits per heavy atom. The molecule has 2 amide bonds. The maximum absolute atomic E-state index is 12.3. The fourth-order valence-electron chi connectivity index (χ4n) is 2.81. The van der Waals surface area contributed by atoms with Crippen molar-refractivity contribution in [3.63, 3.8) is 0 Å². The van der Waals surface area contributed by atoms with E-state index in [1.165, 1.54) is 0 Å². The van der Waals surface area contributed by atoms with Crippen LogP contribution >= 0.6 is 0 Å². The number of piperazine rings is 1. The zero-order chi connectivity index (χ0) is 13.7. The molecule has 0 radical (unpaired) electrons. The molecule has 0 aromatic heterocycles. The van der Waals surface area contributed by atoms with Crippen molar-refractivity contribution in [3.05, 3.63) is 0 Å². The van der Waals surface area contributed by atoms with Crippen LogP contribution in [0.1, 0.15) is 13.3 Å². The van der Waals surface area contributed by atoms with Gasteiger partial charge in [-0.3, -0.25) is 4.90 Å². The number of urea groups is 1. The highest BCUT2D eigenvalue weighted by atomic mass is 16.5. The molecule has 0 spiro atoms. The predicted octanol–water partition coefficient (Wildman–Crippen LogP) is -0.206. The van der Waals surface area contributed by atoms with E-state index in [1.807, 2.05) is 9.80 Å². The quantitative estimate of drug-likeness (QED) is 0.771. The summed E-state index contributed by atoms with van der Waals surface area (Å²) >= 11 is 0. The Hall–Kier alpha value is -0.850. The molecule has 0 aromatic rings. The largest absolute Gasteiger partial charge is 0.378 e. The van der Waals surface area contributed by atoms with Crippen LogP contribution in [0.2, 0.25) is 0 Å². The first-order chi connectivity index (χ1) is 9.26. The van der Waals surface area contributed by atoms with Gasteiger partial charge in [0.1, 0.15) is 0 Å². The van der Waals surface area contributed by atoms with E-state index in [9.17, 15) is 4.79 Å². The average molecular weight is 270 g/mol. The first kappa shape index (κ1) is 14.6. The Morgan fingerprint density at radius 1 is 1.11 bits per heavy atom. The molecule has 2 N–H and O–H groups in total. The number of ether oxygens (including phenoxy) is 1. The number of hydrogen-bond acceptors (Lipinski definition) is 4. The minimum Gasteiger partial charge on any atom is -0.378 e. The van der Waals surface area contributed by atoms with E-state index in [-0.39, 0.29) is 6.03 Å². The molecule has 19 heavy (non-hydrogen) atoms. The molecule has 1 atom stereocenters. The van der Waals surface area contributed by atoms with Crippen molar-refractivity contribution in [2.75, 3.05) is 59.0 Å². The minimum absolute atomic E-state index is 0.170. The summed E-state index contributed by atoms with van der Waals surface area (Å²) < 4.78 is 5.28. The third-order valence-electron chi connectivity index (χ3n) is 4.13. The first-order valence-electron chi connectivity index (χ1n) is 7.32. The molecular weight excluding hydrogens is 244 g/mol. The number of amides is 2. The Labute approximate surface area is 115 Å². The van der Waals surface area contributed by atoms with Crippen molar-refractivity contribution in [1.29, 1.82) is 0 Å². The van der Waals surface area contributed by atoms with E-state index in [1.54, 1.807) is 0 Å². The molecule has 2 aliphatic rings. The standard InChI is InChI=1S/C13H26N4O2/c1-2-12(11-14)15-3-5-16(6-4-15)13(18)17-7-9-19-10-8-17/h12H,2-11,14H2,1H3. The van der Waals surface area contributed by atoms with Gasteiger partial charge in [0.2, 0.25) is 0 Å². The summed E-state index contributed by atoms with van der Waals surface area (Å²) in [4.78, 5) is 18.6. The van der Waals surface area contributed by atoms with Crippen LogP contribution in [0, 0.1) is 0 Å². The van der Waals surface area contributed by atoms with Gasteiger partial charge in [-0.05, 0) is 6.42 Å². The SMILES string of the molecule is CCC(CN)N1CCN(C(=O)N2CCOCC2)CC1. The van der Waals surface area contributed by atoms with Gasteiger partial charge in [0.15, 0.2) is 0 Å². The van der Waals surface area contributed by atoms with Crippen molar-refractivity contribution in [2.24, 2.45) is 5.73 Å². The number of morpholine rings is 1. The molecule has 0 aliphatic carbocycles. The Kier molecular flexibility index (Phi) is 5.42. The van der Waals surface area contributed by atoms with Crippen LogP contribution in [0.15, 0.2) is 0 Å². The summed E-state index contributed by atoms with van der Waals surface area (Å²) in [6, 6.07) is 0.629. The van der Waals surface area contributed by atoms with Gasteiger partial charge in [-0.1, -0.05) is 6.92 Å². The van der Waals surface area contributed by atoms with Crippen LogP contribution < -0.4 is 5.73 Å². The predicted molar refractivity (Wildman–Crippen MR) is 74.1 cm³/mol. The van der Waals surface area contributed by atoms with E-state index in [2.05, 4.69) is 11.8 Å². The molecule has 2 rings (SSSR count). The van der Waals surface area contributed by atoms with Gasteiger partial charge in [-0.15, -0.1) is 0 Å². The molecule has 1 unspecified atom stereocenters. The van der Waals surface area contributed by atoms with E-state index < -0.39 is 0 Å². The van der Waals surface area contributed by atoms with Gasteiger partial charge >= 0.3 is 6.03 Å². The Bertz CT molecular complexity index is 282. The van der Waals surface area contributed by atoms with Crippen molar-refractivity contribution in [3.8, 4) is 0 Å². The first-order valence-corrected chi connectivity index (χ1v) is 7.32. The van der Waals surface area contributed by atoms with Crippen molar-refractivity contribution >= 4 is 6.03 Å². The van der Waals surface area contributed by atoms with Crippen LogP contribution in [0.25, 0.3) is 0 Å². The van der Waals surface area contributed by atoms with E-state index in [0.29, 0.717) is 25.8 Å². The van der Waals surface area contributed by atoms with Gasteiger partial charge < -0.3 is 20.3 Å². The van der Waals surface area contributed by atoms with Crippen molar-refractivity contribution in [2.45, 2.75) is 19.4 Å². The molecule has 0 bridgehead atoms. The Balaban J connectivity index is 1.80. The van der Waals surface area contributed by atoms with Crippen LogP contribution in [0.5, 0.6) is 0 Å². The highest BCUT2D eigenvalue weighted by Gasteiger charge is 2.28. The Morgan fingerprint density at radius 3 is 2.21 bits per heavy atom. The second-order valence-corrected chi connectivity index (χ2v) is 5.20. The lowest BCUT2D eigenvalue weighted by Gasteiger charge is -2.41. The number of carbonyl (C=O) groups excluding carboxylic acids is 1. The third-order valence-corrected chi connectivity index (χ3v) is 4.13. The topological polar surface area (TPSA) is 62.0 Å². The molecule has 2 fully saturated rings. The highest BCUT2D eigenvalue weighted by Crippen LogP contribution is 2.11. The lowest BCUT2D eigenvalue weighted by molar-refractivity contribution is 0.0348. The maximum atomic E-state index is 12.3. The highest BCUT2D eigenvalue weighted by molar-refractivity contribution is 5.74. The molecule has 6 nitrogen and oxygen atoms in total. The second-order valence-electron chi connectivity index (χ2n) is 5.20. The van der Waals surface area contributed by atoms with Crippen LogP contribution in [0.3, 0.4) is 0 Å². The molecule has 6 heteroatoms. The maximum Gasteiger partial charge on any atom is 0.320 e.